The van der Waals surface area contributed by atoms with Crippen LogP contribution in [-0.4, -0.2) is 23.0 Å². The fourth-order valence-corrected chi connectivity index (χ4v) is 2.18. The number of nitrogens with zero attached hydrogens (tertiary/aromatic N) is 1. The number of imidazole rings is 1. The van der Waals surface area contributed by atoms with Gasteiger partial charge in [-0.15, -0.1) is 0 Å². The summed E-state index contributed by atoms with van der Waals surface area (Å²) in [6, 6.07) is 15.0. The Bertz CT molecular complexity index is 747. The van der Waals surface area contributed by atoms with Crippen molar-refractivity contribution in [2.45, 2.75) is 6.42 Å². The number of carbonyl (C=O) groups excluding carboxylic acids is 1. The molecule has 0 fully saturated rings. The summed E-state index contributed by atoms with van der Waals surface area (Å²) < 4.78 is 5.21. The molecule has 0 saturated carbocycles. The molecule has 0 radical (unpaired) electrons. The lowest BCUT2D eigenvalue weighted by molar-refractivity contribution is -0.115. The van der Waals surface area contributed by atoms with E-state index in [1.54, 1.807) is 19.2 Å². The lowest BCUT2D eigenvalue weighted by atomic mass is 10.2. The summed E-state index contributed by atoms with van der Waals surface area (Å²) in [6.45, 7) is 0. The number of hydrogen-bond donors (Lipinski definition) is 2. The molecule has 0 aliphatic rings. The molecule has 0 spiro atoms. The molecule has 1 aromatic heterocycles. The SMILES string of the molecule is COc1ccccc1NC(=O)Cc1nc2ccccc2[nH]1. The number of nitrogens with one attached hydrogen (secondary N) is 2. The van der Waals surface area contributed by atoms with E-state index < -0.39 is 0 Å². The number of rotatable bonds is 4. The second-order valence-electron chi connectivity index (χ2n) is 4.63. The predicted octanol–water partition coefficient (Wildman–Crippen LogP) is 2.75. The molecule has 5 heteroatoms. The summed E-state index contributed by atoms with van der Waals surface area (Å²) in [5, 5.41) is 2.83. The zero-order valence-corrected chi connectivity index (χ0v) is 11.6. The third-order valence-electron chi connectivity index (χ3n) is 3.15. The van der Waals surface area contributed by atoms with Gasteiger partial charge >= 0.3 is 0 Å². The lowest BCUT2D eigenvalue weighted by Gasteiger charge is -2.08. The van der Waals surface area contributed by atoms with Crippen LogP contribution < -0.4 is 10.1 Å². The number of hydrogen-bond acceptors (Lipinski definition) is 3. The van der Waals surface area contributed by atoms with Crippen molar-refractivity contribution >= 4 is 22.6 Å². The number of amides is 1. The van der Waals surface area contributed by atoms with E-state index in [9.17, 15) is 4.79 Å². The van der Waals surface area contributed by atoms with E-state index in [1.165, 1.54) is 0 Å². The van der Waals surface area contributed by atoms with Crippen molar-refractivity contribution in [3.63, 3.8) is 0 Å². The first-order valence-electron chi connectivity index (χ1n) is 6.63. The first kappa shape index (κ1) is 13.2. The number of aromatic amines is 1. The average molecular weight is 281 g/mol. The largest absolute Gasteiger partial charge is 0.495 e. The van der Waals surface area contributed by atoms with Crippen molar-refractivity contribution < 1.29 is 9.53 Å². The smallest absolute Gasteiger partial charge is 0.232 e. The molecule has 106 valence electrons. The molecule has 0 aliphatic heterocycles. The van der Waals surface area contributed by atoms with Gasteiger partial charge in [-0.1, -0.05) is 24.3 Å². The van der Waals surface area contributed by atoms with Crippen LogP contribution in [0.4, 0.5) is 5.69 Å². The predicted molar refractivity (Wildman–Crippen MR) is 81.4 cm³/mol. The van der Waals surface area contributed by atoms with E-state index in [0.717, 1.165) is 11.0 Å². The van der Waals surface area contributed by atoms with Gasteiger partial charge in [0.25, 0.3) is 0 Å². The lowest BCUT2D eigenvalue weighted by Crippen LogP contribution is -2.15. The number of ether oxygens (including phenoxy) is 1. The van der Waals surface area contributed by atoms with Crippen molar-refractivity contribution in [1.82, 2.24) is 9.97 Å². The number of methoxy groups -OCH3 is 1. The maximum absolute atomic E-state index is 12.1. The summed E-state index contributed by atoms with van der Waals surface area (Å²) in [4.78, 5) is 19.6. The standard InChI is InChI=1S/C16H15N3O2/c1-21-14-9-5-4-8-13(14)19-16(20)10-15-17-11-6-2-3-7-12(11)18-15/h2-9H,10H2,1H3,(H,17,18)(H,19,20). The number of para-hydroxylation sites is 4. The van der Waals surface area contributed by atoms with E-state index in [2.05, 4.69) is 15.3 Å². The van der Waals surface area contributed by atoms with Crippen molar-refractivity contribution in [2.24, 2.45) is 0 Å². The minimum Gasteiger partial charge on any atom is -0.495 e. The highest BCUT2D eigenvalue weighted by atomic mass is 16.5. The van der Waals surface area contributed by atoms with Gasteiger partial charge < -0.3 is 15.0 Å². The average Bonchev–Trinajstić information content (AvgIpc) is 2.89. The van der Waals surface area contributed by atoms with Crippen LogP contribution >= 0.6 is 0 Å². The van der Waals surface area contributed by atoms with Gasteiger partial charge in [0.1, 0.15) is 11.6 Å². The van der Waals surface area contributed by atoms with Gasteiger partial charge in [0.15, 0.2) is 0 Å². The van der Waals surface area contributed by atoms with Crippen LogP contribution in [0.1, 0.15) is 5.82 Å². The molecule has 2 N–H and O–H groups in total. The van der Waals surface area contributed by atoms with Gasteiger partial charge in [0, 0.05) is 0 Å². The van der Waals surface area contributed by atoms with Crippen LogP contribution in [0.2, 0.25) is 0 Å². The van der Waals surface area contributed by atoms with Gasteiger partial charge in [-0.25, -0.2) is 4.98 Å². The number of aromatic nitrogens is 2. The molecule has 0 bridgehead atoms. The van der Waals surface area contributed by atoms with Crippen LogP contribution in [0.5, 0.6) is 5.75 Å². The topological polar surface area (TPSA) is 67.0 Å². The third kappa shape index (κ3) is 2.86. The molecule has 1 amide bonds. The number of carbonyl (C=O) groups is 1. The van der Waals surface area contributed by atoms with Crippen LogP contribution in [0, 0.1) is 0 Å². The highest BCUT2D eigenvalue weighted by Crippen LogP contribution is 2.23. The van der Waals surface area contributed by atoms with Gasteiger partial charge in [-0.3, -0.25) is 4.79 Å². The zero-order chi connectivity index (χ0) is 14.7. The summed E-state index contributed by atoms with van der Waals surface area (Å²) in [5.74, 6) is 1.14. The summed E-state index contributed by atoms with van der Waals surface area (Å²) in [7, 11) is 1.57. The summed E-state index contributed by atoms with van der Waals surface area (Å²) >= 11 is 0. The van der Waals surface area contributed by atoms with Crippen molar-refractivity contribution in [3.05, 3.63) is 54.4 Å². The first-order chi connectivity index (χ1) is 10.3. The van der Waals surface area contributed by atoms with Gasteiger partial charge in [0.05, 0.1) is 30.3 Å². The normalized spacial score (nSPS) is 10.5. The fourth-order valence-electron chi connectivity index (χ4n) is 2.18. The van der Waals surface area contributed by atoms with Crippen molar-refractivity contribution in [3.8, 4) is 5.75 Å². The summed E-state index contributed by atoms with van der Waals surface area (Å²) in [6.07, 6.45) is 0.187. The van der Waals surface area contributed by atoms with Gasteiger partial charge in [0.2, 0.25) is 5.91 Å². The highest BCUT2D eigenvalue weighted by Gasteiger charge is 2.10. The summed E-state index contributed by atoms with van der Waals surface area (Å²) in [5.41, 5.74) is 2.44. The number of fused-ring (bicyclic) bond motifs is 1. The first-order valence-corrected chi connectivity index (χ1v) is 6.63. The third-order valence-corrected chi connectivity index (χ3v) is 3.15. The van der Waals surface area contributed by atoms with E-state index >= 15 is 0 Å². The number of benzene rings is 2. The van der Waals surface area contributed by atoms with Crippen LogP contribution in [0.3, 0.4) is 0 Å². The Morgan fingerprint density at radius 3 is 2.76 bits per heavy atom. The number of anilines is 1. The van der Waals surface area contributed by atoms with Gasteiger partial charge in [-0.2, -0.15) is 0 Å². The molecule has 3 rings (SSSR count). The fraction of sp³-hybridized carbons (Fsp3) is 0.125. The quantitative estimate of drug-likeness (QED) is 0.772. The minimum absolute atomic E-state index is 0.140. The van der Waals surface area contributed by atoms with E-state index in [-0.39, 0.29) is 12.3 Å². The highest BCUT2D eigenvalue weighted by molar-refractivity contribution is 5.93. The Labute approximate surface area is 122 Å². The van der Waals surface area contributed by atoms with Crippen LogP contribution in [-0.2, 0) is 11.2 Å². The Hall–Kier alpha value is -2.82. The molecular formula is C16H15N3O2. The molecule has 0 atom stereocenters. The van der Waals surface area contributed by atoms with E-state index in [4.69, 9.17) is 4.74 Å². The zero-order valence-electron chi connectivity index (χ0n) is 11.6. The minimum atomic E-state index is -0.140. The van der Waals surface area contributed by atoms with Crippen LogP contribution in [0.25, 0.3) is 11.0 Å². The maximum Gasteiger partial charge on any atom is 0.232 e. The molecule has 21 heavy (non-hydrogen) atoms. The molecule has 0 saturated heterocycles. The van der Waals surface area contributed by atoms with Crippen molar-refractivity contribution in [1.29, 1.82) is 0 Å². The Balaban J connectivity index is 1.74. The number of H-pyrrole nitrogens is 1. The molecule has 0 aliphatic carbocycles. The molecule has 5 nitrogen and oxygen atoms in total. The molecule has 1 heterocycles. The van der Waals surface area contributed by atoms with Crippen molar-refractivity contribution in [2.75, 3.05) is 12.4 Å². The second-order valence-corrected chi connectivity index (χ2v) is 4.63. The Morgan fingerprint density at radius 2 is 1.95 bits per heavy atom. The van der Waals surface area contributed by atoms with E-state index in [0.29, 0.717) is 17.3 Å². The van der Waals surface area contributed by atoms with Gasteiger partial charge in [-0.05, 0) is 24.3 Å². The Kier molecular flexibility index (Phi) is 3.55. The monoisotopic (exact) mass is 281 g/mol. The molecular weight excluding hydrogens is 266 g/mol. The molecule has 0 unspecified atom stereocenters. The molecule has 2 aromatic carbocycles. The van der Waals surface area contributed by atoms with Crippen LogP contribution in [0.15, 0.2) is 48.5 Å². The van der Waals surface area contributed by atoms with E-state index in [1.807, 2.05) is 36.4 Å². The second kappa shape index (κ2) is 5.66. The Morgan fingerprint density at radius 1 is 1.19 bits per heavy atom. The molecule has 3 aromatic rings. The maximum atomic E-state index is 12.1.